The predicted molar refractivity (Wildman–Crippen MR) is 106 cm³/mol. The Morgan fingerprint density at radius 3 is 2.46 bits per heavy atom. The van der Waals surface area contributed by atoms with Gasteiger partial charge in [0.25, 0.3) is 5.56 Å². The topological polar surface area (TPSA) is 51.3 Å². The lowest BCUT2D eigenvalue weighted by molar-refractivity contribution is 0.586. The lowest BCUT2D eigenvalue weighted by Crippen LogP contribution is -2.16. The predicted octanol–water partition coefficient (Wildman–Crippen LogP) is 5.03. The molecule has 0 aliphatic rings. The summed E-state index contributed by atoms with van der Waals surface area (Å²) in [5.74, 6) is -1.42. The Morgan fingerprint density at radius 2 is 1.79 bits per heavy atom. The number of nitrogens with zero attached hydrogens (tertiary/aromatic N) is 3. The van der Waals surface area contributed by atoms with Crippen LogP contribution in [-0.4, -0.2) is 14.2 Å². The Morgan fingerprint density at radius 1 is 1.07 bits per heavy atom. The van der Waals surface area contributed by atoms with E-state index in [4.69, 9.17) is 23.2 Å². The molecule has 0 amide bonds. The quantitative estimate of drug-likeness (QED) is 0.505. The van der Waals surface area contributed by atoms with E-state index >= 15 is 0 Å². The SMILES string of the molecule is Cn1c(=O)c(-c2c(Cl)cccc2Cl)c2ncc(Nc3ccc(F)cc3F)cn21. The van der Waals surface area contributed by atoms with Crippen LogP contribution in [0.4, 0.5) is 20.2 Å². The van der Waals surface area contributed by atoms with E-state index in [0.717, 1.165) is 12.1 Å². The maximum absolute atomic E-state index is 13.9. The Kier molecular flexibility index (Phi) is 4.56. The first kappa shape index (κ1) is 18.5. The van der Waals surface area contributed by atoms with Crippen LogP contribution in [-0.2, 0) is 7.05 Å². The number of hydrogen-bond donors (Lipinski definition) is 1. The molecule has 28 heavy (non-hydrogen) atoms. The average molecular weight is 421 g/mol. The lowest BCUT2D eigenvalue weighted by atomic mass is 10.1. The molecule has 2 aromatic heterocycles. The first-order valence-electron chi connectivity index (χ1n) is 8.10. The molecule has 4 aromatic rings. The minimum absolute atomic E-state index is 0.0778. The van der Waals surface area contributed by atoms with Gasteiger partial charge in [-0.25, -0.2) is 23.0 Å². The van der Waals surface area contributed by atoms with Crippen LogP contribution in [0.1, 0.15) is 0 Å². The van der Waals surface area contributed by atoms with Crippen molar-refractivity contribution < 1.29 is 8.78 Å². The lowest BCUT2D eigenvalue weighted by Gasteiger charge is -2.09. The van der Waals surface area contributed by atoms with Gasteiger partial charge in [0.05, 0.1) is 39.4 Å². The van der Waals surface area contributed by atoms with Crippen molar-refractivity contribution in [3.63, 3.8) is 0 Å². The second-order valence-electron chi connectivity index (χ2n) is 6.06. The Balaban J connectivity index is 1.86. The van der Waals surface area contributed by atoms with Gasteiger partial charge in [-0.15, -0.1) is 0 Å². The molecular weight excluding hydrogens is 409 g/mol. The van der Waals surface area contributed by atoms with Gasteiger partial charge in [0, 0.05) is 18.7 Å². The van der Waals surface area contributed by atoms with Gasteiger partial charge in [0.2, 0.25) is 0 Å². The van der Waals surface area contributed by atoms with Gasteiger partial charge < -0.3 is 5.32 Å². The van der Waals surface area contributed by atoms with Gasteiger partial charge in [-0.3, -0.25) is 4.79 Å². The molecule has 2 heterocycles. The minimum atomic E-state index is -0.745. The Labute approximate surface area is 167 Å². The number of nitrogens with one attached hydrogen (secondary N) is 1. The van der Waals surface area contributed by atoms with Crippen LogP contribution in [0.15, 0.2) is 53.6 Å². The highest BCUT2D eigenvalue weighted by Gasteiger charge is 2.20. The zero-order valence-corrected chi connectivity index (χ0v) is 15.9. The van der Waals surface area contributed by atoms with Crippen LogP contribution < -0.4 is 10.9 Å². The molecule has 0 fully saturated rings. The summed E-state index contributed by atoms with van der Waals surface area (Å²) in [6, 6.07) is 8.15. The van der Waals surface area contributed by atoms with Gasteiger partial charge in [0.15, 0.2) is 5.65 Å². The number of rotatable bonds is 3. The number of aryl methyl sites for hydroxylation is 1. The molecule has 5 nitrogen and oxygen atoms in total. The summed E-state index contributed by atoms with van der Waals surface area (Å²) in [7, 11) is 1.56. The third-order valence-electron chi connectivity index (χ3n) is 4.28. The smallest absolute Gasteiger partial charge is 0.277 e. The van der Waals surface area contributed by atoms with E-state index in [9.17, 15) is 13.6 Å². The highest BCUT2D eigenvalue weighted by atomic mass is 35.5. The number of halogens is 4. The van der Waals surface area contributed by atoms with Gasteiger partial charge >= 0.3 is 0 Å². The van der Waals surface area contributed by atoms with E-state index < -0.39 is 11.6 Å². The molecular formula is C19H12Cl2F2N4O. The van der Waals surface area contributed by atoms with Crippen molar-refractivity contribution >= 4 is 40.2 Å². The third kappa shape index (κ3) is 3.02. The summed E-state index contributed by atoms with van der Waals surface area (Å²) in [5, 5.41) is 3.48. The van der Waals surface area contributed by atoms with Crippen molar-refractivity contribution in [2.45, 2.75) is 0 Å². The van der Waals surface area contributed by atoms with Crippen molar-refractivity contribution in [2.24, 2.45) is 7.05 Å². The van der Waals surface area contributed by atoms with Gasteiger partial charge in [-0.1, -0.05) is 29.3 Å². The number of fused-ring (bicyclic) bond motifs is 1. The third-order valence-corrected chi connectivity index (χ3v) is 4.91. The van der Waals surface area contributed by atoms with E-state index in [1.807, 2.05) is 0 Å². The van der Waals surface area contributed by atoms with Crippen molar-refractivity contribution in [1.82, 2.24) is 14.2 Å². The molecule has 1 N–H and O–H groups in total. The summed E-state index contributed by atoms with van der Waals surface area (Å²) in [4.78, 5) is 17.1. The van der Waals surface area contributed by atoms with E-state index in [0.29, 0.717) is 26.9 Å². The van der Waals surface area contributed by atoms with Gasteiger partial charge in [0.1, 0.15) is 11.6 Å². The molecule has 0 atom stereocenters. The highest BCUT2D eigenvalue weighted by molar-refractivity contribution is 6.39. The Bertz CT molecular complexity index is 1260. The monoisotopic (exact) mass is 420 g/mol. The summed E-state index contributed by atoms with van der Waals surface area (Å²) in [5.41, 5.74) is 1.14. The highest BCUT2D eigenvalue weighted by Crippen LogP contribution is 2.35. The first-order valence-corrected chi connectivity index (χ1v) is 8.86. The molecule has 0 saturated heterocycles. The molecule has 4 rings (SSSR count). The molecule has 0 unspecified atom stereocenters. The number of hydrogen-bond acceptors (Lipinski definition) is 3. The molecule has 142 valence electrons. The molecule has 0 spiro atoms. The fourth-order valence-electron chi connectivity index (χ4n) is 2.95. The molecule has 0 bridgehead atoms. The van der Waals surface area contributed by atoms with Crippen molar-refractivity contribution in [3.8, 4) is 11.1 Å². The fourth-order valence-corrected chi connectivity index (χ4v) is 3.53. The van der Waals surface area contributed by atoms with Gasteiger partial charge in [-0.05, 0) is 24.3 Å². The fraction of sp³-hybridized carbons (Fsp3) is 0.0526. The van der Waals surface area contributed by atoms with Gasteiger partial charge in [-0.2, -0.15) is 0 Å². The zero-order valence-electron chi connectivity index (χ0n) is 14.4. The first-order chi connectivity index (χ1) is 13.4. The largest absolute Gasteiger partial charge is 0.351 e. The summed E-state index contributed by atoms with van der Waals surface area (Å²) in [6.45, 7) is 0. The number of aromatic nitrogens is 3. The second kappa shape index (κ2) is 6.92. The summed E-state index contributed by atoms with van der Waals surface area (Å²) in [6.07, 6.45) is 3.01. The maximum atomic E-state index is 13.9. The molecule has 0 saturated carbocycles. The van der Waals surface area contributed by atoms with E-state index in [1.54, 1.807) is 31.4 Å². The molecule has 0 aliphatic carbocycles. The molecule has 9 heteroatoms. The normalized spacial score (nSPS) is 11.2. The molecule has 2 aromatic carbocycles. The van der Waals surface area contributed by atoms with Crippen LogP contribution >= 0.6 is 23.2 Å². The number of benzene rings is 2. The van der Waals surface area contributed by atoms with Crippen molar-refractivity contribution in [2.75, 3.05) is 5.32 Å². The minimum Gasteiger partial charge on any atom is -0.351 e. The summed E-state index contributed by atoms with van der Waals surface area (Å²) < 4.78 is 29.8. The van der Waals surface area contributed by atoms with E-state index in [2.05, 4.69) is 10.3 Å². The average Bonchev–Trinajstić information content (AvgIpc) is 2.89. The number of anilines is 2. The van der Waals surface area contributed by atoms with E-state index in [-0.39, 0.29) is 16.8 Å². The maximum Gasteiger partial charge on any atom is 0.277 e. The standard InChI is InChI=1S/C19H12Cl2F2N4O/c1-26-19(28)17(16-12(20)3-2-4-13(16)21)18-24-8-11(9-27(18)26)25-15-6-5-10(22)7-14(15)23/h2-9,25H,1H3. The van der Waals surface area contributed by atoms with Crippen LogP contribution in [0.3, 0.4) is 0 Å². The van der Waals surface area contributed by atoms with Crippen LogP contribution in [0, 0.1) is 11.6 Å². The van der Waals surface area contributed by atoms with Crippen molar-refractivity contribution in [3.05, 3.63) is 80.8 Å². The van der Waals surface area contributed by atoms with Crippen LogP contribution in [0.2, 0.25) is 10.0 Å². The van der Waals surface area contributed by atoms with Crippen LogP contribution in [0.5, 0.6) is 0 Å². The molecule has 0 radical (unpaired) electrons. The van der Waals surface area contributed by atoms with E-state index in [1.165, 1.54) is 21.5 Å². The second-order valence-corrected chi connectivity index (χ2v) is 6.87. The van der Waals surface area contributed by atoms with Crippen LogP contribution in [0.25, 0.3) is 16.8 Å². The summed E-state index contributed by atoms with van der Waals surface area (Å²) >= 11 is 12.5. The Hall–Kier alpha value is -2.90. The van der Waals surface area contributed by atoms with Crippen molar-refractivity contribution in [1.29, 1.82) is 0 Å². The molecule has 0 aliphatic heterocycles. The zero-order chi connectivity index (χ0) is 20.0.